The molecular formula is C19H23FN2O3S. The van der Waals surface area contributed by atoms with Gasteiger partial charge in [-0.2, -0.15) is 0 Å². The lowest BCUT2D eigenvalue weighted by Gasteiger charge is -2.26. The first-order valence-corrected chi connectivity index (χ1v) is 10.2. The van der Waals surface area contributed by atoms with Gasteiger partial charge in [0.05, 0.1) is 18.5 Å². The van der Waals surface area contributed by atoms with Crippen LogP contribution in [0.25, 0.3) is 0 Å². The summed E-state index contributed by atoms with van der Waals surface area (Å²) in [5.74, 6) is -0.644. The number of benzene rings is 2. The number of amides is 1. The van der Waals surface area contributed by atoms with Crippen LogP contribution in [0.3, 0.4) is 0 Å². The fourth-order valence-electron chi connectivity index (χ4n) is 2.64. The van der Waals surface area contributed by atoms with Crippen LogP contribution in [0.5, 0.6) is 0 Å². The molecule has 1 N–H and O–H groups in total. The van der Waals surface area contributed by atoms with Crippen molar-refractivity contribution in [3.05, 3.63) is 65.5 Å². The SMILES string of the molecule is CC(C)c1ccccc1N(CCNC(=O)c1ccc(F)cc1)S(C)(=O)=O. The van der Waals surface area contributed by atoms with Crippen molar-refractivity contribution >= 4 is 21.6 Å². The maximum atomic E-state index is 12.9. The van der Waals surface area contributed by atoms with Gasteiger partial charge in [0.15, 0.2) is 0 Å². The molecule has 2 aromatic carbocycles. The molecule has 0 saturated heterocycles. The fourth-order valence-corrected chi connectivity index (χ4v) is 3.59. The molecule has 7 heteroatoms. The highest BCUT2D eigenvalue weighted by atomic mass is 32.2. The lowest BCUT2D eigenvalue weighted by Crippen LogP contribution is -2.38. The molecule has 0 aliphatic heterocycles. The molecule has 0 aliphatic carbocycles. The van der Waals surface area contributed by atoms with Gasteiger partial charge in [0, 0.05) is 12.1 Å². The number of carbonyl (C=O) groups is 1. The number of sulfonamides is 1. The molecule has 0 atom stereocenters. The molecule has 0 radical (unpaired) electrons. The average molecular weight is 378 g/mol. The van der Waals surface area contributed by atoms with Crippen molar-refractivity contribution in [1.29, 1.82) is 0 Å². The highest BCUT2D eigenvalue weighted by Gasteiger charge is 2.21. The summed E-state index contributed by atoms with van der Waals surface area (Å²) in [4.78, 5) is 12.1. The first-order valence-electron chi connectivity index (χ1n) is 8.30. The van der Waals surface area contributed by atoms with Crippen LogP contribution in [0.15, 0.2) is 48.5 Å². The van der Waals surface area contributed by atoms with E-state index in [9.17, 15) is 17.6 Å². The van der Waals surface area contributed by atoms with Crippen molar-refractivity contribution in [1.82, 2.24) is 5.32 Å². The topological polar surface area (TPSA) is 66.5 Å². The van der Waals surface area contributed by atoms with E-state index in [1.807, 2.05) is 26.0 Å². The zero-order valence-corrected chi connectivity index (χ0v) is 15.9. The molecule has 5 nitrogen and oxygen atoms in total. The Hall–Kier alpha value is -2.41. The predicted octanol–water partition coefficient (Wildman–Crippen LogP) is 3.15. The maximum Gasteiger partial charge on any atom is 0.251 e. The van der Waals surface area contributed by atoms with Crippen molar-refractivity contribution < 1.29 is 17.6 Å². The van der Waals surface area contributed by atoms with E-state index < -0.39 is 15.8 Å². The number of nitrogens with zero attached hydrogens (tertiary/aromatic N) is 1. The van der Waals surface area contributed by atoms with E-state index >= 15 is 0 Å². The molecule has 0 unspecified atom stereocenters. The van der Waals surface area contributed by atoms with Crippen LogP contribution in [-0.2, 0) is 10.0 Å². The number of halogens is 1. The Morgan fingerprint density at radius 3 is 2.31 bits per heavy atom. The molecule has 0 heterocycles. The van der Waals surface area contributed by atoms with Gasteiger partial charge in [-0.05, 0) is 41.8 Å². The Bertz CT molecular complexity index is 865. The Balaban J connectivity index is 2.13. The van der Waals surface area contributed by atoms with Gasteiger partial charge in [0.1, 0.15) is 5.82 Å². The molecule has 0 bridgehead atoms. The van der Waals surface area contributed by atoms with Crippen LogP contribution in [0.1, 0.15) is 35.7 Å². The summed E-state index contributed by atoms with van der Waals surface area (Å²) in [6.45, 7) is 4.23. The fraction of sp³-hybridized carbons (Fsp3) is 0.316. The molecule has 0 spiro atoms. The minimum absolute atomic E-state index is 0.107. The minimum Gasteiger partial charge on any atom is -0.350 e. The van der Waals surface area contributed by atoms with Gasteiger partial charge in [-0.3, -0.25) is 9.10 Å². The van der Waals surface area contributed by atoms with Crippen molar-refractivity contribution in [3.8, 4) is 0 Å². The summed E-state index contributed by atoms with van der Waals surface area (Å²) in [6.07, 6.45) is 1.14. The van der Waals surface area contributed by atoms with E-state index in [0.717, 1.165) is 11.8 Å². The second kappa shape index (κ2) is 8.31. The third-order valence-corrected chi connectivity index (χ3v) is 5.11. The van der Waals surface area contributed by atoms with Crippen molar-refractivity contribution in [2.45, 2.75) is 19.8 Å². The largest absolute Gasteiger partial charge is 0.350 e. The highest BCUT2D eigenvalue weighted by molar-refractivity contribution is 7.92. The first kappa shape index (κ1) is 19.9. The summed E-state index contributed by atoms with van der Waals surface area (Å²) >= 11 is 0. The number of anilines is 1. The Morgan fingerprint density at radius 2 is 1.73 bits per heavy atom. The third-order valence-electron chi connectivity index (χ3n) is 3.93. The van der Waals surface area contributed by atoms with E-state index in [1.165, 1.54) is 28.6 Å². The molecule has 140 valence electrons. The maximum absolute atomic E-state index is 12.9. The van der Waals surface area contributed by atoms with E-state index in [4.69, 9.17) is 0 Å². The van der Waals surface area contributed by atoms with Crippen molar-refractivity contribution in [2.75, 3.05) is 23.7 Å². The third kappa shape index (κ3) is 5.05. The summed E-state index contributed by atoms with van der Waals surface area (Å²) < 4.78 is 38.7. The average Bonchev–Trinajstić information content (AvgIpc) is 2.58. The van der Waals surface area contributed by atoms with Gasteiger partial charge < -0.3 is 5.32 Å². The van der Waals surface area contributed by atoms with Crippen LogP contribution in [0.4, 0.5) is 10.1 Å². The van der Waals surface area contributed by atoms with Gasteiger partial charge in [0.25, 0.3) is 5.91 Å². The Kier molecular flexibility index (Phi) is 6.37. The normalized spacial score (nSPS) is 11.4. The number of carbonyl (C=O) groups excluding carboxylic acids is 1. The van der Waals surface area contributed by atoms with Crippen LogP contribution < -0.4 is 9.62 Å². The number of nitrogens with one attached hydrogen (secondary N) is 1. The smallest absolute Gasteiger partial charge is 0.251 e. The molecule has 0 aliphatic rings. The summed E-state index contributed by atoms with van der Waals surface area (Å²) in [5.41, 5.74) is 1.85. The van der Waals surface area contributed by atoms with E-state index in [-0.39, 0.29) is 24.9 Å². The molecule has 0 saturated carbocycles. The van der Waals surface area contributed by atoms with Gasteiger partial charge in [-0.1, -0.05) is 32.0 Å². The summed E-state index contributed by atoms with van der Waals surface area (Å²) in [5, 5.41) is 2.67. The van der Waals surface area contributed by atoms with Crippen molar-refractivity contribution in [3.63, 3.8) is 0 Å². The Morgan fingerprint density at radius 1 is 1.12 bits per heavy atom. The van der Waals surface area contributed by atoms with E-state index in [1.54, 1.807) is 12.1 Å². The predicted molar refractivity (Wildman–Crippen MR) is 101 cm³/mol. The lowest BCUT2D eigenvalue weighted by atomic mass is 10.0. The lowest BCUT2D eigenvalue weighted by molar-refractivity contribution is 0.0955. The van der Waals surface area contributed by atoms with Crippen molar-refractivity contribution in [2.24, 2.45) is 0 Å². The number of hydrogen-bond acceptors (Lipinski definition) is 3. The van der Waals surface area contributed by atoms with Gasteiger partial charge >= 0.3 is 0 Å². The van der Waals surface area contributed by atoms with Gasteiger partial charge in [0.2, 0.25) is 10.0 Å². The number of hydrogen-bond donors (Lipinski definition) is 1. The van der Waals surface area contributed by atoms with Crippen LogP contribution in [0, 0.1) is 5.82 Å². The molecule has 1 amide bonds. The molecule has 2 aromatic rings. The molecular weight excluding hydrogens is 355 g/mol. The standard InChI is InChI=1S/C19H23FN2O3S/c1-14(2)17-6-4-5-7-18(17)22(26(3,24)25)13-12-21-19(23)15-8-10-16(20)11-9-15/h4-11,14H,12-13H2,1-3H3,(H,21,23). The number of rotatable bonds is 7. The summed E-state index contributed by atoms with van der Waals surface area (Å²) in [6, 6.07) is 12.5. The van der Waals surface area contributed by atoms with Crippen LogP contribution in [-0.4, -0.2) is 33.7 Å². The van der Waals surface area contributed by atoms with Crippen LogP contribution >= 0.6 is 0 Å². The quantitative estimate of drug-likeness (QED) is 0.805. The van der Waals surface area contributed by atoms with E-state index in [2.05, 4.69) is 5.32 Å². The zero-order valence-electron chi connectivity index (χ0n) is 15.1. The molecule has 0 fully saturated rings. The van der Waals surface area contributed by atoms with Gasteiger partial charge in [-0.15, -0.1) is 0 Å². The second-order valence-corrected chi connectivity index (χ2v) is 8.22. The summed E-state index contributed by atoms with van der Waals surface area (Å²) in [7, 11) is -3.51. The molecule has 0 aromatic heterocycles. The minimum atomic E-state index is -3.51. The monoisotopic (exact) mass is 378 g/mol. The number of para-hydroxylation sites is 1. The van der Waals surface area contributed by atoms with Gasteiger partial charge in [-0.25, -0.2) is 12.8 Å². The molecule has 2 rings (SSSR count). The second-order valence-electron chi connectivity index (χ2n) is 6.31. The zero-order chi connectivity index (χ0) is 19.3. The van der Waals surface area contributed by atoms with E-state index in [0.29, 0.717) is 11.3 Å². The Labute approximate surface area is 153 Å². The van der Waals surface area contributed by atoms with Crippen LogP contribution in [0.2, 0.25) is 0 Å². The highest BCUT2D eigenvalue weighted by Crippen LogP contribution is 2.28. The first-order chi connectivity index (χ1) is 12.2. The molecule has 26 heavy (non-hydrogen) atoms.